The first-order valence-electron chi connectivity index (χ1n) is 8.92. The van der Waals surface area contributed by atoms with Crippen molar-refractivity contribution in [3.05, 3.63) is 29.3 Å². The topological polar surface area (TPSA) is 61.9 Å². The molecule has 1 aromatic rings. The van der Waals surface area contributed by atoms with Gasteiger partial charge in [0.25, 0.3) is 0 Å². The third kappa shape index (κ3) is 3.95. The van der Waals surface area contributed by atoms with Crippen molar-refractivity contribution in [3.8, 4) is 0 Å². The lowest BCUT2D eigenvalue weighted by Crippen LogP contribution is -2.53. The smallest absolute Gasteiger partial charge is 0.317 e. The third-order valence-corrected chi connectivity index (χ3v) is 4.96. The maximum Gasteiger partial charge on any atom is 0.317 e. The van der Waals surface area contributed by atoms with Gasteiger partial charge in [-0.25, -0.2) is 4.79 Å². The van der Waals surface area contributed by atoms with E-state index in [1.807, 2.05) is 39.0 Å². The second kappa shape index (κ2) is 7.04. The molecule has 0 spiro atoms. The van der Waals surface area contributed by atoms with Gasteiger partial charge >= 0.3 is 6.03 Å². The summed E-state index contributed by atoms with van der Waals surface area (Å²) in [7, 11) is 0. The minimum atomic E-state index is -0.157. The lowest BCUT2D eigenvalue weighted by Gasteiger charge is -2.35. The molecule has 2 heterocycles. The molecular formula is C19H27N3O3. The molecule has 2 aliphatic rings. The standard InChI is InChI=1S/C19H27N3O3/c1-12-5-6-17(7-13(12)2)22-11-16(8-18(22)23)20-19(24)21-9-14(3)25-15(4)10-21/h5-7,14-16H,8-11H2,1-4H3,(H,20,24). The molecule has 0 saturated carbocycles. The quantitative estimate of drug-likeness (QED) is 0.894. The lowest BCUT2D eigenvalue weighted by molar-refractivity contribution is -0.117. The summed E-state index contributed by atoms with van der Waals surface area (Å²) in [6.45, 7) is 9.71. The first-order chi connectivity index (χ1) is 11.8. The van der Waals surface area contributed by atoms with Gasteiger partial charge in [-0.3, -0.25) is 4.79 Å². The zero-order chi connectivity index (χ0) is 18.1. The minimum Gasteiger partial charge on any atom is -0.372 e. The van der Waals surface area contributed by atoms with Gasteiger partial charge in [0.05, 0.1) is 18.2 Å². The number of nitrogens with zero attached hydrogens (tertiary/aromatic N) is 2. The van der Waals surface area contributed by atoms with Crippen LogP contribution in [0.4, 0.5) is 10.5 Å². The minimum absolute atomic E-state index is 0.0340. The molecule has 3 atom stereocenters. The normalized spacial score (nSPS) is 26.9. The van der Waals surface area contributed by atoms with Gasteiger partial charge in [-0.1, -0.05) is 6.07 Å². The first kappa shape index (κ1) is 17.7. The molecule has 6 nitrogen and oxygen atoms in total. The Balaban J connectivity index is 1.62. The predicted molar refractivity (Wildman–Crippen MR) is 96.8 cm³/mol. The molecule has 3 rings (SSSR count). The van der Waals surface area contributed by atoms with Gasteiger partial charge in [-0.05, 0) is 51.0 Å². The van der Waals surface area contributed by atoms with Crippen molar-refractivity contribution in [2.75, 3.05) is 24.5 Å². The molecule has 2 saturated heterocycles. The van der Waals surface area contributed by atoms with Gasteiger partial charge in [0.15, 0.2) is 0 Å². The molecule has 2 fully saturated rings. The fourth-order valence-electron chi connectivity index (χ4n) is 3.56. The average molecular weight is 345 g/mol. The summed E-state index contributed by atoms with van der Waals surface area (Å²) in [4.78, 5) is 28.5. The Morgan fingerprint density at radius 3 is 2.44 bits per heavy atom. The van der Waals surface area contributed by atoms with Crippen molar-refractivity contribution in [2.45, 2.75) is 52.4 Å². The molecule has 1 aromatic carbocycles. The van der Waals surface area contributed by atoms with E-state index < -0.39 is 0 Å². The van der Waals surface area contributed by atoms with Crippen LogP contribution in [0.1, 0.15) is 31.4 Å². The maximum absolute atomic E-state index is 12.5. The number of hydrogen-bond donors (Lipinski definition) is 1. The Labute approximate surface area is 149 Å². The van der Waals surface area contributed by atoms with Crippen LogP contribution in [0.25, 0.3) is 0 Å². The predicted octanol–water partition coefficient (Wildman–Crippen LogP) is 2.23. The Morgan fingerprint density at radius 2 is 1.80 bits per heavy atom. The van der Waals surface area contributed by atoms with E-state index >= 15 is 0 Å². The second-order valence-electron chi connectivity index (χ2n) is 7.29. The Kier molecular flexibility index (Phi) is 4.99. The van der Waals surface area contributed by atoms with Crippen LogP contribution in [0.3, 0.4) is 0 Å². The highest BCUT2D eigenvalue weighted by molar-refractivity contribution is 5.97. The number of benzene rings is 1. The number of aryl methyl sites for hydroxylation is 2. The molecule has 136 valence electrons. The molecule has 6 heteroatoms. The van der Waals surface area contributed by atoms with Crippen LogP contribution in [-0.4, -0.2) is 54.7 Å². The lowest BCUT2D eigenvalue weighted by atomic mass is 10.1. The van der Waals surface area contributed by atoms with Crippen molar-refractivity contribution in [1.29, 1.82) is 0 Å². The fraction of sp³-hybridized carbons (Fsp3) is 0.579. The Hall–Kier alpha value is -2.08. The van der Waals surface area contributed by atoms with Gasteiger partial charge in [0.2, 0.25) is 5.91 Å². The van der Waals surface area contributed by atoms with Gasteiger partial charge in [-0.15, -0.1) is 0 Å². The van der Waals surface area contributed by atoms with E-state index in [2.05, 4.69) is 12.2 Å². The Bertz CT molecular complexity index is 666. The first-order valence-corrected chi connectivity index (χ1v) is 8.92. The van der Waals surface area contributed by atoms with E-state index in [0.29, 0.717) is 26.1 Å². The number of amides is 3. The maximum atomic E-state index is 12.5. The SMILES string of the molecule is Cc1ccc(N2CC(NC(=O)N3CC(C)OC(C)C3)CC2=O)cc1C. The third-order valence-electron chi connectivity index (χ3n) is 4.96. The van der Waals surface area contributed by atoms with Crippen molar-refractivity contribution >= 4 is 17.6 Å². The summed E-state index contributed by atoms with van der Waals surface area (Å²) in [6, 6.07) is 5.76. The number of urea groups is 1. The molecule has 1 N–H and O–H groups in total. The summed E-state index contributed by atoms with van der Waals surface area (Å²) >= 11 is 0. The van der Waals surface area contributed by atoms with Crippen LogP contribution >= 0.6 is 0 Å². The number of ether oxygens (including phenoxy) is 1. The van der Waals surface area contributed by atoms with E-state index in [-0.39, 0.29) is 30.2 Å². The molecule has 3 unspecified atom stereocenters. The highest BCUT2D eigenvalue weighted by Gasteiger charge is 2.34. The molecule has 0 aliphatic carbocycles. The highest BCUT2D eigenvalue weighted by Crippen LogP contribution is 2.24. The van der Waals surface area contributed by atoms with E-state index in [1.54, 1.807) is 9.80 Å². The van der Waals surface area contributed by atoms with Crippen LogP contribution in [-0.2, 0) is 9.53 Å². The Morgan fingerprint density at radius 1 is 1.12 bits per heavy atom. The zero-order valence-electron chi connectivity index (χ0n) is 15.4. The number of rotatable bonds is 2. The summed E-state index contributed by atoms with van der Waals surface area (Å²) in [5.41, 5.74) is 3.27. The molecule has 25 heavy (non-hydrogen) atoms. The van der Waals surface area contributed by atoms with Crippen LogP contribution in [0.15, 0.2) is 18.2 Å². The van der Waals surface area contributed by atoms with Crippen LogP contribution < -0.4 is 10.2 Å². The van der Waals surface area contributed by atoms with Crippen molar-refractivity contribution in [1.82, 2.24) is 10.2 Å². The van der Waals surface area contributed by atoms with Gasteiger partial charge < -0.3 is 19.9 Å². The van der Waals surface area contributed by atoms with Crippen molar-refractivity contribution in [2.24, 2.45) is 0 Å². The molecule has 0 radical (unpaired) electrons. The number of morpholine rings is 1. The molecule has 3 amide bonds. The molecule has 0 aromatic heterocycles. The number of carbonyl (C=O) groups is 2. The summed E-state index contributed by atoms with van der Waals surface area (Å²) in [5.74, 6) is 0.0530. The van der Waals surface area contributed by atoms with Crippen molar-refractivity contribution < 1.29 is 14.3 Å². The van der Waals surface area contributed by atoms with Crippen LogP contribution in [0, 0.1) is 13.8 Å². The fourth-order valence-corrected chi connectivity index (χ4v) is 3.56. The molecule has 0 bridgehead atoms. The molecular weight excluding hydrogens is 318 g/mol. The number of nitrogens with one attached hydrogen (secondary N) is 1. The number of carbonyl (C=O) groups excluding carboxylic acids is 2. The van der Waals surface area contributed by atoms with E-state index in [9.17, 15) is 9.59 Å². The van der Waals surface area contributed by atoms with Gasteiger partial charge in [-0.2, -0.15) is 0 Å². The summed E-state index contributed by atoms with van der Waals surface area (Å²) in [5, 5.41) is 3.01. The molecule has 2 aliphatic heterocycles. The zero-order valence-corrected chi connectivity index (χ0v) is 15.4. The monoisotopic (exact) mass is 345 g/mol. The van der Waals surface area contributed by atoms with Crippen molar-refractivity contribution in [3.63, 3.8) is 0 Å². The van der Waals surface area contributed by atoms with E-state index in [1.165, 1.54) is 5.56 Å². The number of hydrogen-bond acceptors (Lipinski definition) is 3. The second-order valence-corrected chi connectivity index (χ2v) is 7.29. The largest absolute Gasteiger partial charge is 0.372 e. The number of anilines is 1. The van der Waals surface area contributed by atoms with E-state index in [4.69, 9.17) is 4.74 Å². The van der Waals surface area contributed by atoms with Gasteiger partial charge in [0, 0.05) is 31.7 Å². The van der Waals surface area contributed by atoms with Crippen LogP contribution in [0.5, 0.6) is 0 Å². The summed E-state index contributed by atoms with van der Waals surface area (Å²) in [6.07, 6.45) is 0.409. The highest BCUT2D eigenvalue weighted by atomic mass is 16.5. The van der Waals surface area contributed by atoms with Gasteiger partial charge in [0.1, 0.15) is 0 Å². The summed E-state index contributed by atoms with van der Waals surface area (Å²) < 4.78 is 5.67. The van der Waals surface area contributed by atoms with E-state index in [0.717, 1.165) is 11.3 Å². The van der Waals surface area contributed by atoms with Crippen LogP contribution in [0.2, 0.25) is 0 Å². The average Bonchev–Trinajstić information content (AvgIpc) is 2.89.